The molecule has 0 unspecified atom stereocenters. The van der Waals surface area contributed by atoms with Gasteiger partial charge in [0.15, 0.2) is 5.82 Å². The second-order valence-electron chi connectivity index (χ2n) is 6.26. The van der Waals surface area contributed by atoms with Gasteiger partial charge in [0, 0.05) is 18.5 Å². The predicted molar refractivity (Wildman–Crippen MR) is 90.7 cm³/mol. The zero-order chi connectivity index (χ0) is 17.4. The summed E-state index contributed by atoms with van der Waals surface area (Å²) in [7, 11) is 0. The van der Waals surface area contributed by atoms with Crippen LogP contribution < -0.4 is 5.56 Å². The number of nitrogens with zero attached hydrogens (tertiary/aromatic N) is 5. The molecule has 25 heavy (non-hydrogen) atoms. The molecule has 0 bridgehead atoms. The van der Waals surface area contributed by atoms with Crippen molar-refractivity contribution in [2.45, 2.75) is 32.2 Å². The van der Waals surface area contributed by atoms with Gasteiger partial charge in [-0.3, -0.25) is 9.78 Å². The van der Waals surface area contributed by atoms with E-state index in [-0.39, 0.29) is 18.0 Å². The third kappa shape index (κ3) is 2.70. The quantitative estimate of drug-likeness (QED) is 0.663. The molecule has 4 rings (SSSR count). The van der Waals surface area contributed by atoms with E-state index in [4.69, 9.17) is 10.9 Å². The Balaban J connectivity index is 1.57. The van der Waals surface area contributed by atoms with Gasteiger partial charge < -0.3 is 4.52 Å². The lowest BCUT2D eigenvalue weighted by molar-refractivity contribution is 0.358. The van der Waals surface area contributed by atoms with Gasteiger partial charge in [0.25, 0.3) is 5.56 Å². The number of hydrogen-bond acceptors (Lipinski definition) is 6. The minimum atomic E-state index is -0.228. The molecule has 1 aliphatic carbocycles. The fourth-order valence-electron chi connectivity index (χ4n) is 3.52. The van der Waals surface area contributed by atoms with Crippen LogP contribution in [-0.4, -0.2) is 24.9 Å². The summed E-state index contributed by atoms with van der Waals surface area (Å²) < 4.78 is 6.64. The van der Waals surface area contributed by atoms with Gasteiger partial charge >= 0.3 is 0 Å². The highest BCUT2D eigenvalue weighted by molar-refractivity contribution is 5.75. The minimum Gasteiger partial charge on any atom is -0.337 e. The average Bonchev–Trinajstić information content (AvgIpc) is 3.13. The molecule has 7 heteroatoms. The van der Waals surface area contributed by atoms with E-state index in [9.17, 15) is 4.79 Å². The van der Waals surface area contributed by atoms with Gasteiger partial charge in [-0.05, 0) is 24.0 Å². The summed E-state index contributed by atoms with van der Waals surface area (Å²) in [6, 6.07) is 3.45. The SMILES string of the molecule is C#CC[C@H]1[C@@H](CC)[C@@H]1c1noc(Cn2ncc3ncccc3c2=O)n1. The number of hydrogen-bond donors (Lipinski definition) is 0. The summed E-state index contributed by atoms with van der Waals surface area (Å²) in [5.41, 5.74) is 0.337. The Kier molecular flexibility index (Phi) is 3.80. The van der Waals surface area contributed by atoms with E-state index >= 15 is 0 Å². The fraction of sp³-hybridized carbons (Fsp3) is 0.389. The molecular formula is C18H17N5O2. The molecule has 1 saturated carbocycles. The van der Waals surface area contributed by atoms with Crippen molar-refractivity contribution in [3.8, 4) is 12.3 Å². The van der Waals surface area contributed by atoms with E-state index in [0.717, 1.165) is 12.8 Å². The first kappa shape index (κ1) is 15.5. The standard InChI is InChI=1S/C18H17N5O2/c1-3-6-12-11(4-2)16(12)17-21-15(25-22-17)10-23-18(24)13-7-5-8-19-14(13)9-20-23/h1,5,7-9,11-12,16H,4,6,10H2,2H3/t11-,12+,16+/m1/s1. The Morgan fingerprint density at radius 2 is 2.28 bits per heavy atom. The van der Waals surface area contributed by atoms with Crippen LogP contribution in [0.25, 0.3) is 10.9 Å². The van der Waals surface area contributed by atoms with Crippen molar-refractivity contribution >= 4 is 10.9 Å². The van der Waals surface area contributed by atoms with Gasteiger partial charge in [-0.15, -0.1) is 12.3 Å². The van der Waals surface area contributed by atoms with Gasteiger partial charge in [-0.1, -0.05) is 18.5 Å². The van der Waals surface area contributed by atoms with Gasteiger partial charge in [0.2, 0.25) is 5.89 Å². The lowest BCUT2D eigenvalue weighted by atomic mass is 10.2. The topological polar surface area (TPSA) is 86.7 Å². The van der Waals surface area contributed by atoms with E-state index in [1.807, 2.05) is 0 Å². The van der Waals surface area contributed by atoms with Crippen molar-refractivity contribution in [2.75, 3.05) is 0 Å². The summed E-state index contributed by atoms with van der Waals surface area (Å²) in [6.45, 7) is 2.28. The molecule has 3 aromatic heterocycles. The third-order valence-electron chi connectivity index (χ3n) is 4.85. The number of terminal acetylenes is 1. The van der Waals surface area contributed by atoms with Crippen molar-refractivity contribution in [3.05, 3.63) is 46.6 Å². The normalized spacial score (nSPS) is 22.0. The molecule has 0 radical (unpaired) electrons. The Bertz CT molecular complexity index is 1020. The largest absolute Gasteiger partial charge is 0.337 e. The van der Waals surface area contributed by atoms with Crippen molar-refractivity contribution in [2.24, 2.45) is 11.8 Å². The van der Waals surface area contributed by atoms with Crippen molar-refractivity contribution < 1.29 is 4.52 Å². The molecule has 3 atom stereocenters. The molecule has 0 amide bonds. The van der Waals surface area contributed by atoms with Gasteiger partial charge in [0.05, 0.1) is 17.1 Å². The third-order valence-corrected chi connectivity index (χ3v) is 4.85. The summed E-state index contributed by atoms with van der Waals surface area (Å²) in [6.07, 6.45) is 10.4. The molecule has 3 heterocycles. The van der Waals surface area contributed by atoms with Crippen molar-refractivity contribution in [1.82, 2.24) is 24.9 Å². The fourth-order valence-corrected chi connectivity index (χ4v) is 3.52. The molecule has 7 nitrogen and oxygen atoms in total. The Morgan fingerprint density at radius 3 is 3.08 bits per heavy atom. The second kappa shape index (κ2) is 6.13. The summed E-state index contributed by atoms with van der Waals surface area (Å²) in [5, 5.41) is 8.73. The molecular weight excluding hydrogens is 318 g/mol. The molecule has 1 fully saturated rings. The number of aromatic nitrogens is 5. The second-order valence-corrected chi connectivity index (χ2v) is 6.26. The van der Waals surface area contributed by atoms with Gasteiger partial charge in [-0.2, -0.15) is 10.1 Å². The number of rotatable bonds is 5. The van der Waals surface area contributed by atoms with E-state index in [1.54, 1.807) is 24.5 Å². The van der Waals surface area contributed by atoms with Crippen LogP contribution in [0.4, 0.5) is 0 Å². The van der Waals surface area contributed by atoms with Crippen molar-refractivity contribution in [1.29, 1.82) is 0 Å². The lowest BCUT2D eigenvalue weighted by Crippen LogP contribution is -2.23. The van der Waals surface area contributed by atoms with Crippen LogP contribution >= 0.6 is 0 Å². The summed E-state index contributed by atoms with van der Waals surface area (Å²) >= 11 is 0. The van der Waals surface area contributed by atoms with E-state index < -0.39 is 0 Å². The first-order valence-electron chi connectivity index (χ1n) is 8.29. The molecule has 0 saturated heterocycles. The van der Waals surface area contributed by atoms with E-state index in [1.165, 1.54) is 4.68 Å². The molecule has 0 spiro atoms. The molecule has 126 valence electrons. The average molecular weight is 335 g/mol. The van der Waals surface area contributed by atoms with Crippen LogP contribution in [-0.2, 0) is 6.54 Å². The summed E-state index contributed by atoms with van der Waals surface area (Å²) in [4.78, 5) is 21.1. The summed E-state index contributed by atoms with van der Waals surface area (Å²) in [5.74, 6) is 4.95. The molecule has 0 aliphatic heterocycles. The smallest absolute Gasteiger partial charge is 0.276 e. The monoisotopic (exact) mass is 335 g/mol. The van der Waals surface area contributed by atoms with Gasteiger partial charge in [-0.25, -0.2) is 4.68 Å². The minimum absolute atomic E-state index is 0.139. The maximum Gasteiger partial charge on any atom is 0.276 e. The maximum atomic E-state index is 12.5. The number of pyridine rings is 1. The Morgan fingerprint density at radius 1 is 1.40 bits per heavy atom. The first-order chi connectivity index (χ1) is 12.2. The van der Waals surface area contributed by atoms with Gasteiger partial charge in [0.1, 0.15) is 6.54 Å². The van der Waals surface area contributed by atoms with Crippen molar-refractivity contribution in [3.63, 3.8) is 0 Å². The highest BCUT2D eigenvalue weighted by Gasteiger charge is 2.51. The van der Waals surface area contributed by atoms with Crippen LogP contribution in [0.5, 0.6) is 0 Å². The highest BCUT2D eigenvalue weighted by atomic mass is 16.5. The van der Waals surface area contributed by atoms with Crippen LogP contribution in [0.15, 0.2) is 33.8 Å². The van der Waals surface area contributed by atoms with Crippen LogP contribution in [0.3, 0.4) is 0 Å². The molecule has 0 N–H and O–H groups in total. The number of fused-ring (bicyclic) bond motifs is 1. The zero-order valence-electron chi connectivity index (χ0n) is 13.8. The van der Waals surface area contributed by atoms with Crippen LogP contribution in [0.2, 0.25) is 0 Å². The molecule has 0 aromatic carbocycles. The van der Waals surface area contributed by atoms with Crippen LogP contribution in [0.1, 0.15) is 37.4 Å². The predicted octanol–water partition coefficient (Wildman–Crippen LogP) is 1.99. The highest BCUT2D eigenvalue weighted by Crippen LogP contribution is 2.56. The first-order valence-corrected chi connectivity index (χ1v) is 8.29. The molecule has 3 aromatic rings. The molecule has 1 aliphatic rings. The lowest BCUT2D eigenvalue weighted by Gasteiger charge is -2.01. The van der Waals surface area contributed by atoms with E-state index in [0.29, 0.717) is 34.5 Å². The van der Waals surface area contributed by atoms with E-state index in [2.05, 4.69) is 33.1 Å². The zero-order valence-corrected chi connectivity index (χ0v) is 13.8. The Hall–Kier alpha value is -3.01. The van der Waals surface area contributed by atoms with Crippen LogP contribution in [0, 0.1) is 24.2 Å². The Labute approximate surface area is 144 Å². The maximum absolute atomic E-state index is 12.5.